The number of nitrogens with one attached hydrogen (secondary N) is 1. The highest BCUT2D eigenvalue weighted by Gasteiger charge is 2.40. The van der Waals surface area contributed by atoms with Gasteiger partial charge in [0.05, 0.1) is 24.0 Å². The molecule has 0 spiro atoms. The van der Waals surface area contributed by atoms with E-state index in [0.717, 1.165) is 29.7 Å². The maximum Gasteiger partial charge on any atom is 0.0893 e. The van der Waals surface area contributed by atoms with Gasteiger partial charge >= 0.3 is 0 Å². The number of hydrogen-bond acceptors (Lipinski definition) is 4. The van der Waals surface area contributed by atoms with E-state index < -0.39 is 0 Å². The Morgan fingerprint density at radius 1 is 1.35 bits per heavy atom. The minimum absolute atomic E-state index is 0.182. The molecule has 2 aliphatic carbocycles. The van der Waals surface area contributed by atoms with E-state index in [1.165, 1.54) is 31.2 Å². The SMILES string of the molecule is NNC(CC1CC2CCC1C2)c1cnn2ccncc12. The van der Waals surface area contributed by atoms with Gasteiger partial charge in [0.25, 0.3) is 0 Å². The third-order valence-electron chi connectivity index (χ3n) is 5.35. The quantitative estimate of drug-likeness (QED) is 0.660. The normalized spacial score (nSPS) is 30.1. The van der Waals surface area contributed by atoms with Crippen LogP contribution in [0.1, 0.15) is 43.7 Å². The average molecular weight is 271 g/mol. The van der Waals surface area contributed by atoms with Crippen LogP contribution in [0.4, 0.5) is 0 Å². The van der Waals surface area contributed by atoms with Crippen molar-refractivity contribution in [1.82, 2.24) is 20.0 Å². The Morgan fingerprint density at radius 3 is 3.05 bits per heavy atom. The zero-order valence-electron chi connectivity index (χ0n) is 11.6. The molecule has 0 amide bonds. The number of fused-ring (bicyclic) bond motifs is 3. The van der Waals surface area contributed by atoms with E-state index in [2.05, 4.69) is 15.5 Å². The van der Waals surface area contributed by atoms with Gasteiger partial charge in [-0.25, -0.2) is 4.52 Å². The number of hydrogen-bond donors (Lipinski definition) is 2. The lowest BCUT2D eigenvalue weighted by molar-refractivity contribution is 0.280. The van der Waals surface area contributed by atoms with E-state index in [4.69, 9.17) is 5.84 Å². The first kappa shape index (κ1) is 12.3. The first-order valence-corrected chi connectivity index (χ1v) is 7.58. The van der Waals surface area contributed by atoms with Crippen molar-refractivity contribution in [2.45, 2.75) is 38.1 Å². The molecule has 0 radical (unpaired) electrons. The smallest absolute Gasteiger partial charge is 0.0893 e. The molecule has 2 aromatic rings. The van der Waals surface area contributed by atoms with Crippen LogP contribution < -0.4 is 11.3 Å². The molecule has 2 bridgehead atoms. The fraction of sp³-hybridized carbons (Fsp3) is 0.600. The third-order valence-corrected chi connectivity index (χ3v) is 5.35. The molecule has 5 nitrogen and oxygen atoms in total. The second-order valence-corrected chi connectivity index (χ2v) is 6.40. The zero-order valence-corrected chi connectivity index (χ0v) is 11.6. The predicted octanol–water partition coefficient (Wildman–Crippen LogP) is 2.06. The molecule has 0 aromatic carbocycles. The Morgan fingerprint density at radius 2 is 2.30 bits per heavy atom. The summed E-state index contributed by atoms with van der Waals surface area (Å²) in [4.78, 5) is 4.20. The molecule has 2 aliphatic rings. The summed E-state index contributed by atoms with van der Waals surface area (Å²) < 4.78 is 1.87. The van der Waals surface area contributed by atoms with Crippen LogP contribution in [0.3, 0.4) is 0 Å². The second-order valence-electron chi connectivity index (χ2n) is 6.40. The maximum absolute atomic E-state index is 5.82. The van der Waals surface area contributed by atoms with E-state index in [1.54, 1.807) is 6.20 Å². The number of hydrazine groups is 1. The molecule has 0 aliphatic heterocycles. The highest BCUT2D eigenvalue weighted by molar-refractivity contribution is 5.53. The monoisotopic (exact) mass is 271 g/mol. The van der Waals surface area contributed by atoms with Gasteiger partial charge < -0.3 is 0 Å². The van der Waals surface area contributed by atoms with Gasteiger partial charge in [0.15, 0.2) is 0 Å². The molecule has 2 heterocycles. The number of rotatable bonds is 4. The van der Waals surface area contributed by atoms with E-state index in [9.17, 15) is 0 Å². The Hall–Kier alpha value is -1.46. The van der Waals surface area contributed by atoms with Gasteiger partial charge in [-0.1, -0.05) is 6.42 Å². The van der Waals surface area contributed by atoms with Crippen LogP contribution in [0, 0.1) is 17.8 Å². The lowest BCUT2D eigenvalue weighted by Gasteiger charge is -2.26. The van der Waals surface area contributed by atoms with Gasteiger partial charge in [-0.05, 0) is 43.4 Å². The third kappa shape index (κ3) is 1.93. The Labute approximate surface area is 118 Å². The number of aromatic nitrogens is 3. The summed E-state index contributed by atoms with van der Waals surface area (Å²) in [5.41, 5.74) is 5.23. The lowest BCUT2D eigenvalue weighted by Crippen LogP contribution is -2.30. The molecule has 2 aromatic heterocycles. The first-order valence-electron chi connectivity index (χ1n) is 7.58. The van der Waals surface area contributed by atoms with Crippen LogP contribution in [0.15, 0.2) is 24.8 Å². The van der Waals surface area contributed by atoms with E-state index in [0.29, 0.717) is 0 Å². The van der Waals surface area contributed by atoms with E-state index in [1.807, 2.05) is 23.1 Å². The number of nitrogens with zero attached hydrogens (tertiary/aromatic N) is 3. The largest absolute Gasteiger partial charge is 0.271 e. The molecular weight excluding hydrogens is 250 g/mol. The molecule has 4 unspecified atom stereocenters. The summed E-state index contributed by atoms with van der Waals surface area (Å²) in [5.74, 6) is 8.55. The minimum Gasteiger partial charge on any atom is -0.271 e. The zero-order chi connectivity index (χ0) is 13.5. The fourth-order valence-electron chi connectivity index (χ4n) is 4.37. The molecule has 3 N–H and O–H groups in total. The molecule has 0 saturated heterocycles. The maximum atomic E-state index is 5.82. The summed E-state index contributed by atoms with van der Waals surface area (Å²) in [5, 5.41) is 4.39. The van der Waals surface area contributed by atoms with Crippen molar-refractivity contribution in [3.05, 3.63) is 30.4 Å². The fourth-order valence-corrected chi connectivity index (χ4v) is 4.37. The topological polar surface area (TPSA) is 68.2 Å². The van der Waals surface area contributed by atoms with Crippen LogP contribution in [0.5, 0.6) is 0 Å². The first-order chi connectivity index (χ1) is 9.85. The van der Waals surface area contributed by atoms with Gasteiger partial charge in [-0.2, -0.15) is 5.10 Å². The molecule has 5 heteroatoms. The van der Waals surface area contributed by atoms with Gasteiger partial charge in [0.1, 0.15) is 0 Å². The van der Waals surface area contributed by atoms with E-state index in [-0.39, 0.29) is 6.04 Å². The van der Waals surface area contributed by atoms with Crippen molar-refractivity contribution in [1.29, 1.82) is 0 Å². The van der Waals surface area contributed by atoms with Crippen LogP contribution in [-0.4, -0.2) is 14.6 Å². The van der Waals surface area contributed by atoms with Crippen molar-refractivity contribution in [2.75, 3.05) is 0 Å². The number of nitrogens with two attached hydrogens (primary N) is 1. The Kier molecular flexibility index (Phi) is 2.97. The standard InChI is InChI=1S/C15H21N5/c16-19-14(7-12-6-10-1-2-11(12)5-10)13-8-18-20-4-3-17-9-15(13)20/h3-4,8-12,14,19H,1-2,5-7,16H2. The molecule has 2 saturated carbocycles. The van der Waals surface area contributed by atoms with Crippen LogP contribution >= 0.6 is 0 Å². The predicted molar refractivity (Wildman–Crippen MR) is 76.6 cm³/mol. The van der Waals surface area contributed by atoms with Gasteiger partial charge in [0, 0.05) is 18.0 Å². The summed E-state index contributed by atoms with van der Waals surface area (Å²) in [6.45, 7) is 0. The second kappa shape index (κ2) is 4.82. The van der Waals surface area contributed by atoms with Crippen LogP contribution in [0.25, 0.3) is 5.52 Å². The average Bonchev–Trinajstić information content (AvgIpc) is 3.19. The van der Waals surface area contributed by atoms with Gasteiger partial charge in [-0.15, -0.1) is 0 Å². The van der Waals surface area contributed by atoms with Crippen LogP contribution in [0.2, 0.25) is 0 Å². The van der Waals surface area contributed by atoms with Crippen LogP contribution in [-0.2, 0) is 0 Å². The van der Waals surface area contributed by atoms with Gasteiger partial charge in [-0.3, -0.25) is 16.3 Å². The molecule has 20 heavy (non-hydrogen) atoms. The summed E-state index contributed by atoms with van der Waals surface area (Å²) in [7, 11) is 0. The van der Waals surface area contributed by atoms with E-state index >= 15 is 0 Å². The Balaban J connectivity index is 1.58. The summed E-state index contributed by atoms with van der Waals surface area (Å²) in [6.07, 6.45) is 14.2. The molecular formula is C15H21N5. The van der Waals surface area contributed by atoms with Crippen molar-refractivity contribution < 1.29 is 0 Å². The summed E-state index contributed by atoms with van der Waals surface area (Å²) >= 11 is 0. The van der Waals surface area contributed by atoms with Gasteiger partial charge in [0.2, 0.25) is 0 Å². The minimum atomic E-state index is 0.182. The Bertz CT molecular complexity index is 607. The molecule has 4 rings (SSSR count). The highest BCUT2D eigenvalue weighted by atomic mass is 15.3. The molecule has 4 atom stereocenters. The highest BCUT2D eigenvalue weighted by Crippen LogP contribution is 2.51. The van der Waals surface area contributed by atoms with Crippen molar-refractivity contribution in [2.24, 2.45) is 23.6 Å². The molecule has 2 fully saturated rings. The van der Waals surface area contributed by atoms with Crippen molar-refractivity contribution >= 4 is 5.52 Å². The molecule has 106 valence electrons. The summed E-state index contributed by atoms with van der Waals surface area (Å²) in [6, 6.07) is 0.182. The van der Waals surface area contributed by atoms with Crippen molar-refractivity contribution in [3.8, 4) is 0 Å². The van der Waals surface area contributed by atoms with Crippen molar-refractivity contribution in [3.63, 3.8) is 0 Å². The lowest BCUT2D eigenvalue weighted by atomic mass is 9.83.